The van der Waals surface area contributed by atoms with Crippen LogP contribution < -0.4 is 5.32 Å². The van der Waals surface area contributed by atoms with Crippen LogP contribution in [0.1, 0.15) is 27.8 Å². The van der Waals surface area contributed by atoms with Crippen LogP contribution in [0.5, 0.6) is 0 Å². The van der Waals surface area contributed by atoms with E-state index in [1.807, 2.05) is 6.92 Å². The fourth-order valence-electron chi connectivity index (χ4n) is 3.18. The van der Waals surface area contributed by atoms with Crippen molar-refractivity contribution in [3.05, 3.63) is 77.4 Å². The summed E-state index contributed by atoms with van der Waals surface area (Å²) >= 11 is 0. The maximum atomic E-state index is 12.9. The van der Waals surface area contributed by atoms with Gasteiger partial charge in [-0.25, -0.2) is 12.4 Å². The Hall–Kier alpha value is -2.93. The first kappa shape index (κ1) is 15.6. The van der Waals surface area contributed by atoms with Gasteiger partial charge < -0.3 is 5.32 Å². The summed E-state index contributed by atoms with van der Waals surface area (Å²) in [7, 11) is -3.97. The first-order valence-electron chi connectivity index (χ1n) is 7.71. The number of fused-ring (bicyclic) bond motifs is 1. The lowest BCUT2D eigenvalue weighted by atomic mass is 9.83. The summed E-state index contributed by atoms with van der Waals surface area (Å²) in [5, 5.41) is 2.80. The quantitative estimate of drug-likeness (QED) is 0.893. The maximum absolute atomic E-state index is 12.9. The third-order valence-electron chi connectivity index (χ3n) is 4.42. The molecule has 2 aliphatic rings. The first-order valence-corrected chi connectivity index (χ1v) is 9.15. The highest BCUT2D eigenvalue weighted by Gasteiger charge is 2.39. The number of dihydropyridines is 1. The van der Waals surface area contributed by atoms with E-state index in [4.69, 9.17) is 0 Å². The molecule has 0 amide bonds. The van der Waals surface area contributed by atoms with Crippen LogP contribution in [-0.2, 0) is 10.0 Å². The van der Waals surface area contributed by atoms with Gasteiger partial charge in [-0.15, -0.1) is 0 Å². The summed E-state index contributed by atoms with van der Waals surface area (Å²) < 4.78 is 26.7. The molecular weight excluding hydrogens is 340 g/mol. The molecule has 0 radical (unpaired) electrons. The molecule has 2 heterocycles. The fraction of sp³-hybridized carbons (Fsp3) is 0.111. The van der Waals surface area contributed by atoms with E-state index < -0.39 is 15.8 Å². The van der Waals surface area contributed by atoms with Gasteiger partial charge in [-0.2, -0.15) is 0 Å². The number of nitrogens with zero attached hydrogens (tertiary/aromatic N) is 1. The lowest BCUT2D eigenvalue weighted by Gasteiger charge is -2.25. The lowest BCUT2D eigenvalue weighted by molar-refractivity contribution is 0.0959. The molecule has 0 saturated heterocycles. The zero-order chi connectivity index (χ0) is 17.8. The van der Waals surface area contributed by atoms with Crippen molar-refractivity contribution in [3.8, 4) is 0 Å². The predicted molar refractivity (Wildman–Crippen MR) is 90.6 cm³/mol. The topological polar surface area (TPSA) is 85.2 Å². The van der Waals surface area contributed by atoms with Crippen molar-refractivity contribution < 1.29 is 18.0 Å². The van der Waals surface area contributed by atoms with Gasteiger partial charge in [0.25, 0.3) is 10.0 Å². The summed E-state index contributed by atoms with van der Waals surface area (Å²) in [6.07, 6.45) is 4.64. The number of benzene rings is 1. The molecule has 6 nitrogen and oxygen atoms in total. The molecule has 1 unspecified atom stereocenters. The van der Waals surface area contributed by atoms with E-state index in [2.05, 4.69) is 5.32 Å². The van der Waals surface area contributed by atoms with Crippen molar-refractivity contribution in [2.75, 3.05) is 0 Å². The second-order valence-electron chi connectivity index (χ2n) is 5.93. The number of hydrogen-bond acceptors (Lipinski definition) is 5. The molecule has 1 aliphatic carbocycles. The average molecular weight is 354 g/mol. The third-order valence-corrected chi connectivity index (χ3v) is 6.11. The largest absolute Gasteiger partial charge is 0.358 e. The smallest absolute Gasteiger partial charge is 0.268 e. The van der Waals surface area contributed by atoms with Crippen molar-refractivity contribution in [1.82, 2.24) is 9.29 Å². The highest BCUT2D eigenvalue weighted by molar-refractivity contribution is 7.90. The van der Waals surface area contributed by atoms with Crippen LogP contribution in [0.4, 0.5) is 0 Å². The van der Waals surface area contributed by atoms with E-state index in [1.165, 1.54) is 24.4 Å². The first-order chi connectivity index (χ1) is 11.9. The number of ketones is 2. The molecule has 1 aliphatic heterocycles. The Balaban J connectivity index is 1.92. The van der Waals surface area contributed by atoms with Crippen molar-refractivity contribution >= 4 is 21.6 Å². The standard InChI is InChI=1S/C18H14N2O4S/c1-11-7-9-19-15-14(11)17(21)13-8-10-20(16(13)18(15)22)25(23,24)12-5-3-2-4-6-12/h2-11,19H,1H3. The van der Waals surface area contributed by atoms with Gasteiger partial charge in [-0.3, -0.25) is 9.59 Å². The van der Waals surface area contributed by atoms with Gasteiger partial charge in [-0.05, 0) is 24.4 Å². The minimum absolute atomic E-state index is 0.0540. The number of allylic oxidation sites excluding steroid dienone is 3. The Morgan fingerprint density at radius 1 is 1.04 bits per heavy atom. The summed E-state index contributed by atoms with van der Waals surface area (Å²) in [6, 6.07) is 9.20. The Morgan fingerprint density at radius 3 is 2.48 bits per heavy atom. The average Bonchev–Trinajstić information content (AvgIpc) is 3.07. The summed E-state index contributed by atoms with van der Waals surface area (Å²) in [6.45, 7) is 1.82. The molecule has 0 fully saturated rings. The van der Waals surface area contributed by atoms with Gasteiger partial charge in [0.15, 0.2) is 5.78 Å². The van der Waals surface area contributed by atoms with E-state index in [0.717, 1.165) is 3.97 Å². The highest BCUT2D eigenvalue weighted by atomic mass is 32.2. The van der Waals surface area contributed by atoms with E-state index in [9.17, 15) is 18.0 Å². The van der Waals surface area contributed by atoms with E-state index >= 15 is 0 Å². The zero-order valence-electron chi connectivity index (χ0n) is 13.3. The molecule has 0 saturated carbocycles. The van der Waals surface area contributed by atoms with Crippen molar-refractivity contribution in [2.24, 2.45) is 5.92 Å². The van der Waals surface area contributed by atoms with Crippen LogP contribution in [0.15, 0.2) is 71.0 Å². The molecule has 1 aromatic carbocycles. The van der Waals surface area contributed by atoms with E-state index in [-0.39, 0.29) is 33.6 Å². The van der Waals surface area contributed by atoms with E-state index in [1.54, 1.807) is 30.5 Å². The monoisotopic (exact) mass is 354 g/mol. The SMILES string of the molecule is CC1C=CNC2=C1C(=O)c1ccn(S(=O)(=O)c3ccccc3)c1C2=O. The number of Topliss-reactive ketones (excluding diaryl/α,β-unsaturated/α-hetero) is 2. The molecule has 1 N–H and O–H groups in total. The summed E-state index contributed by atoms with van der Waals surface area (Å²) in [5.74, 6) is -1.03. The van der Waals surface area contributed by atoms with Crippen LogP contribution in [-0.4, -0.2) is 24.0 Å². The second kappa shape index (κ2) is 5.29. The summed E-state index contributed by atoms with van der Waals surface area (Å²) in [5.41, 5.74) is 0.514. The zero-order valence-corrected chi connectivity index (χ0v) is 14.1. The van der Waals surface area contributed by atoms with Gasteiger partial charge in [-0.1, -0.05) is 31.2 Å². The van der Waals surface area contributed by atoms with Crippen molar-refractivity contribution in [2.45, 2.75) is 11.8 Å². The normalized spacial score (nSPS) is 19.5. The molecule has 1 atom stereocenters. The number of rotatable bonds is 2. The van der Waals surface area contributed by atoms with Crippen LogP contribution >= 0.6 is 0 Å². The number of hydrogen-bond donors (Lipinski definition) is 1. The van der Waals surface area contributed by atoms with Gasteiger partial charge in [0.2, 0.25) is 5.78 Å². The minimum atomic E-state index is -3.97. The molecule has 0 spiro atoms. The van der Waals surface area contributed by atoms with Gasteiger partial charge in [0, 0.05) is 17.7 Å². The number of aromatic nitrogens is 1. The van der Waals surface area contributed by atoms with Crippen LogP contribution in [0.2, 0.25) is 0 Å². The molecule has 2 aromatic rings. The number of carbonyl (C=O) groups is 2. The number of nitrogens with one attached hydrogen (secondary N) is 1. The van der Waals surface area contributed by atoms with Gasteiger partial charge in [0.05, 0.1) is 16.2 Å². The third kappa shape index (κ3) is 2.12. The molecule has 1 aromatic heterocycles. The Kier molecular flexibility index (Phi) is 3.30. The molecule has 7 heteroatoms. The maximum Gasteiger partial charge on any atom is 0.268 e. The second-order valence-corrected chi connectivity index (χ2v) is 7.75. The van der Waals surface area contributed by atoms with Gasteiger partial charge in [0.1, 0.15) is 5.69 Å². The Bertz CT molecular complexity index is 1080. The highest BCUT2D eigenvalue weighted by Crippen LogP contribution is 2.33. The Morgan fingerprint density at radius 2 is 1.76 bits per heavy atom. The fourth-order valence-corrected chi connectivity index (χ4v) is 4.55. The lowest BCUT2D eigenvalue weighted by Crippen LogP contribution is -2.34. The molecule has 126 valence electrons. The predicted octanol–water partition coefficient (Wildman–Crippen LogP) is 2.11. The number of carbonyl (C=O) groups excluding carboxylic acids is 2. The van der Waals surface area contributed by atoms with Gasteiger partial charge >= 0.3 is 0 Å². The van der Waals surface area contributed by atoms with E-state index in [0.29, 0.717) is 5.57 Å². The molecule has 25 heavy (non-hydrogen) atoms. The van der Waals surface area contributed by atoms with Crippen LogP contribution in [0.25, 0.3) is 0 Å². The Labute approximate surface area is 144 Å². The minimum Gasteiger partial charge on any atom is -0.358 e. The molecule has 4 rings (SSSR count). The van der Waals surface area contributed by atoms with Crippen LogP contribution in [0.3, 0.4) is 0 Å². The van der Waals surface area contributed by atoms with Crippen molar-refractivity contribution in [3.63, 3.8) is 0 Å². The van der Waals surface area contributed by atoms with Crippen LogP contribution in [0, 0.1) is 5.92 Å². The molecular formula is C18H14N2O4S. The van der Waals surface area contributed by atoms with Crippen molar-refractivity contribution in [1.29, 1.82) is 0 Å². The summed E-state index contributed by atoms with van der Waals surface area (Å²) in [4.78, 5) is 25.8. The molecule has 0 bridgehead atoms.